The molecule has 2 fully saturated rings. The lowest BCUT2D eigenvalue weighted by Gasteiger charge is -2.33. The van der Waals surface area contributed by atoms with Crippen molar-refractivity contribution in [3.63, 3.8) is 0 Å². The minimum atomic E-state index is -3.05. The van der Waals surface area contributed by atoms with Crippen LogP contribution in [0.4, 0.5) is 29.2 Å². The summed E-state index contributed by atoms with van der Waals surface area (Å²) in [6.07, 6.45) is 0. The van der Waals surface area contributed by atoms with Gasteiger partial charge in [0.2, 0.25) is 0 Å². The number of likely N-dealkylation sites (N-methyl/N-ethyl adjacent to an activating group) is 1. The zero-order valence-electron chi connectivity index (χ0n) is 24.2. The van der Waals surface area contributed by atoms with E-state index in [0.29, 0.717) is 24.7 Å². The predicted octanol–water partition coefficient (Wildman–Crippen LogP) is 3.66. The molecule has 0 radical (unpaired) electrons. The fourth-order valence-corrected chi connectivity index (χ4v) is 5.34. The fraction of sp³-hybridized carbons (Fsp3) is 0.367. The molecule has 0 unspecified atom stereocenters. The zero-order valence-corrected chi connectivity index (χ0v) is 24.2. The lowest BCUT2D eigenvalue weighted by Crippen LogP contribution is -2.45. The maximum atomic E-state index is 15.4. The van der Waals surface area contributed by atoms with Crippen molar-refractivity contribution >= 4 is 23.5 Å². The van der Waals surface area contributed by atoms with Crippen molar-refractivity contribution in [3.05, 3.63) is 71.3 Å². The molecule has 2 atom stereocenters. The maximum Gasteiger partial charge on any atom is 0.387 e. The second-order valence-electron chi connectivity index (χ2n) is 10.4. The van der Waals surface area contributed by atoms with Crippen LogP contribution in [0.15, 0.2) is 48.5 Å². The summed E-state index contributed by atoms with van der Waals surface area (Å²) in [5, 5.41) is 2.59. The Morgan fingerprint density at radius 2 is 1.50 bits per heavy atom. The molecule has 0 aliphatic carbocycles. The number of anilines is 2. The molecule has 2 aliphatic heterocycles. The van der Waals surface area contributed by atoms with Gasteiger partial charge >= 0.3 is 6.61 Å². The number of ether oxygens (including phenoxy) is 3. The molecule has 2 aliphatic rings. The quantitative estimate of drug-likeness (QED) is 0.364. The van der Waals surface area contributed by atoms with Gasteiger partial charge in [-0.2, -0.15) is 8.78 Å². The molecule has 10 nitrogen and oxygen atoms in total. The molecular weight excluding hydrogens is 586 g/mol. The number of hydrogen-bond acceptors (Lipinski definition) is 8. The number of carbonyl (C=O) groups excluding carboxylic acids is 2. The molecule has 1 N–H and O–H groups in total. The molecule has 14 heteroatoms. The number of nitrogens with zero attached hydrogens (tertiary/aromatic N) is 4. The van der Waals surface area contributed by atoms with Crippen molar-refractivity contribution in [2.75, 3.05) is 63.8 Å². The summed E-state index contributed by atoms with van der Waals surface area (Å²) >= 11 is 0. The van der Waals surface area contributed by atoms with Gasteiger partial charge in [-0.05, 0) is 31.3 Å². The highest BCUT2D eigenvalue weighted by Crippen LogP contribution is 2.37. The molecule has 0 spiro atoms. The summed E-state index contributed by atoms with van der Waals surface area (Å²) < 4.78 is 70.6. The van der Waals surface area contributed by atoms with E-state index in [1.807, 2.05) is 11.9 Å². The predicted molar refractivity (Wildman–Crippen MR) is 153 cm³/mol. The fourth-order valence-electron chi connectivity index (χ4n) is 5.34. The molecule has 1 aromatic heterocycles. The molecule has 2 amide bonds. The lowest BCUT2D eigenvalue weighted by atomic mass is 9.92. The van der Waals surface area contributed by atoms with Gasteiger partial charge in [0.05, 0.1) is 14.2 Å². The van der Waals surface area contributed by atoms with Crippen LogP contribution in [-0.2, 0) is 4.79 Å². The van der Waals surface area contributed by atoms with Gasteiger partial charge in [-0.15, -0.1) is 0 Å². The number of aromatic nitrogens is 1. The van der Waals surface area contributed by atoms with E-state index in [2.05, 4.69) is 15.0 Å². The largest absolute Gasteiger partial charge is 0.497 e. The van der Waals surface area contributed by atoms with Crippen molar-refractivity contribution in [3.8, 4) is 17.2 Å². The average Bonchev–Trinajstić information content (AvgIpc) is 3.31. The third-order valence-corrected chi connectivity index (χ3v) is 7.71. The Morgan fingerprint density at radius 3 is 2.09 bits per heavy atom. The Bertz CT molecular complexity index is 1500. The molecule has 5 rings (SSSR count). The Kier molecular flexibility index (Phi) is 9.09. The highest BCUT2D eigenvalue weighted by atomic mass is 19.3. The van der Waals surface area contributed by atoms with Crippen LogP contribution in [0.25, 0.3) is 0 Å². The van der Waals surface area contributed by atoms with Gasteiger partial charge in [-0.3, -0.25) is 14.5 Å². The third kappa shape index (κ3) is 6.49. The summed E-state index contributed by atoms with van der Waals surface area (Å²) in [5.74, 6) is -3.52. The highest BCUT2D eigenvalue weighted by molar-refractivity contribution is 6.04. The first-order valence-corrected chi connectivity index (χ1v) is 13.8. The van der Waals surface area contributed by atoms with Crippen LogP contribution in [0.1, 0.15) is 21.8 Å². The monoisotopic (exact) mass is 617 g/mol. The molecule has 0 bridgehead atoms. The zero-order chi connectivity index (χ0) is 31.5. The Morgan fingerprint density at radius 1 is 0.909 bits per heavy atom. The summed E-state index contributed by atoms with van der Waals surface area (Å²) in [5.41, 5.74) is -0.390. The first-order chi connectivity index (χ1) is 21.1. The van der Waals surface area contributed by atoms with Gasteiger partial charge in [0.25, 0.3) is 11.8 Å². The summed E-state index contributed by atoms with van der Waals surface area (Å²) in [4.78, 5) is 37.4. The Balaban J connectivity index is 1.50. The Labute approximate surface area is 251 Å². The number of alkyl halides is 2. The summed E-state index contributed by atoms with van der Waals surface area (Å²) in [7, 11) is 4.76. The van der Waals surface area contributed by atoms with Gasteiger partial charge < -0.3 is 29.3 Å². The maximum absolute atomic E-state index is 15.4. The van der Waals surface area contributed by atoms with Crippen molar-refractivity contribution in [1.82, 2.24) is 15.2 Å². The Hall–Kier alpha value is -4.59. The van der Waals surface area contributed by atoms with E-state index in [1.54, 1.807) is 12.1 Å². The molecule has 2 saturated heterocycles. The van der Waals surface area contributed by atoms with Crippen molar-refractivity contribution < 1.29 is 41.4 Å². The van der Waals surface area contributed by atoms with E-state index in [1.165, 1.54) is 43.4 Å². The second-order valence-corrected chi connectivity index (χ2v) is 10.4. The molecule has 3 aromatic rings. The van der Waals surface area contributed by atoms with Gasteiger partial charge in [0.15, 0.2) is 0 Å². The average molecular weight is 618 g/mol. The summed E-state index contributed by atoms with van der Waals surface area (Å²) in [6, 6.07) is 8.70. The van der Waals surface area contributed by atoms with E-state index in [4.69, 9.17) is 14.5 Å². The number of halogens is 4. The van der Waals surface area contributed by atoms with Crippen molar-refractivity contribution in [2.24, 2.45) is 0 Å². The molecule has 3 heterocycles. The number of nitrogens with one attached hydrogen (secondary N) is 1. The number of piperazine rings is 1. The van der Waals surface area contributed by atoms with Gasteiger partial charge in [0, 0.05) is 74.0 Å². The number of pyridine rings is 1. The smallest absolute Gasteiger partial charge is 0.387 e. The number of methoxy groups -OCH3 is 2. The van der Waals surface area contributed by atoms with Crippen LogP contribution >= 0.6 is 0 Å². The van der Waals surface area contributed by atoms with Crippen molar-refractivity contribution in [1.29, 1.82) is 0 Å². The van der Waals surface area contributed by atoms with E-state index in [-0.39, 0.29) is 29.4 Å². The normalized spacial score (nSPS) is 19.0. The molecule has 44 heavy (non-hydrogen) atoms. The molecule has 2 aromatic carbocycles. The minimum absolute atomic E-state index is 0.0177. The SMILES string of the molecule is COc1cc(N2CCN(C)CC2)nc(N2C[C@@H](c3c(F)cc(OC)cc3F)[C@H](NC(=O)c3ccc(OC(F)F)cc3)C2=O)c1. The molecule has 0 saturated carbocycles. The van der Waals surface area contributed by atoms with E-state index in [0.717, 1.165) is 25.2 Å². The topological polar surface area (TPSA) is 96.5 Å². The van der Waals surface area contributed by atoms with Gasteiger partial charge in [0.1, 0.15) is 46.6 Å². The highest BCUT2D eigenvalue weighted by Gasteiger charge is 2.46. The van der Waals surface area contributed by atoms with Crippen LogP contribution in [0.3, 0.4) is 0 Å². The van der Waals surface area contributed by atoms with Crippen LogP contribution in [0.2, 0.25) is 0 Å². The number of hydrogen-bond donors (Lipinski definition) is 1. The van der Waals surface area contributed by atoms with E-state index in [9.17, 15) is 18.4 Å². The standard InChI is InChI=1S/C30H31F4N5O5/c1-37-8-10-38(11-9-37)24-14-20(43-3)15-25(35-24)39-16-21(26-22(31)12-19(42-2)13-23(26)32)27(29(39)41)36-28(40)17-4-6-18(7-5-17)44-30(33)34/h4-7,12-15,21,27,30H,8-11,16H2,1-3H3,(H,36,40)/t21-,27-/m0/s1. The molecular formula is C30H31F4N5O5. The van der Waals surface area contributed by atoms with E-state index >= 15 is 8.78 Å². The van der Waals surface area contributed by atoms with Crippen LogP contribution in [-0.4, -0.2) is 88.3 Å². The second kappa shape index (κ2) is 13.0. The summed E-state index contributed by atoms with van der Waals surface area (Å²) in [6.45, 7) is -0.276. The first kappa shape index (κ1) is 30.9. The van der Waals surface area contributed by atoms with Crippen LogP contribution < -0.4 is 29.3 Å². The van der Waals surface area contributed by atoms with E-state index < -0.39 is 47.6 Å². The van der Waals surface area contributed by atoms with Crippen LogP contribution in [0.5, 0.6) is 17.2 Å². The number of carbonyl (C=O) groups is 2. The van der Waals surface area contributed by atoms with Crippen LogP contribution in [0, 0.1) is 11.6 Å². The lowest BCUT2D eigenvalue weighted by molar-refractivity contribution is -0.118. The molecule has 234 valence electrons. The van der Waals surface area contributed by atoms with Gasteiger partial charge in [-0.25, -0.2) is 13.8 Å². The number of benzene rings is 2. The van der Waals surface area contributed by atoms with Crippen molar-refractivity contribution in [2.45, 2.75) is 18.6 Å². The number of amides is 2. The third-order valence-electron chi connectivity index (χ3n) is 7.71. The first-order valence-electron chi connectivity index (χ1n) is 13.8. The van der Waals surface area contributed by atoms with Gasteiger partial charge in [-0.1, -0.05) is 0 Å². The number of rotatable bonds is 9. The minimum Gasteiger partial charge on any atom is -0.497 e.